The molecule has 10 nitrogen and oxygen atoms in total. The fourth-order valence-electron chi connectivity index (χ4n) is 2.63. The van der Waals surface area contributed by atoms with Crippen LogP contribution in [0.15, 0.2) is 36.4 Å². The average molecular weight is 481 g/mol. The second-order valence-electron chi connectivity index (χ2n) is 6.40. The number of carboxylic acids is 1. The van der Waals surface area contributed by atoms with Crippen molar-refractivity contribution in [3.63, 3.8) is 0 Å². The van der Waals surface area contributed by atoms with Gasteiger partial charge in [-0.05, 0) is 18.2 Å². The lowest BCUT2D eigenvalue weighted by Crippen LogP contribution is -2.40. The Hall–Kier alpha value is -4.35. The topological polar surface area (TPSA) is 130 Å². The van der Waals surface area contributed by atoms with Crippen LogP contribution < -0.4 is 29.0 Å². The molecule has 0 saturated carbocycles. The maximum absolute atomic E-state index is 13.4. The zero-order valence-corrected chi connectivity index (χ0v) is 18.5. The Kier molecular flexibility index (Phi) is 8.37. The Balaban J connectivity index is 2.26. The summed E-state index contributed by atoms with van der Waals surface area (Å²) >= 11 is 0. The van der Waals surface area contributed by atoms with Gasteiger partial charge in [0.2, 0.25) is 5.91 Å². The molecule has 0 spiro atoms. The minimum atomic E-state index is -4.77. The van der Waals surface area contributed by atoms with E-state index in [1.54, 1.807) is 12.1 Å². The van der Waals surface area contributed by atoms with Crippen molar-refractivity contribution in [2.45, 2.75) is 5.92 Å². The molecule has 2 N–H and O–H groups in total. The standard InChI is InChI=1S/C22H21F2NO9/c1-30-13-10-16(32-3)14(17(11-13)33-4)6-8-19(26)25-12-5-7-15(31-2)18(9-12)34-21(29)22(23,24)20(27)28/h5-11H,1-4H3,(H,25,26)(H,27,28). The van der Waals surface area contributed by atoms with Crippen LogP contribution in [0.3, 0.4) is 0 Å². The third-order valence-electron chi connectivity index (χ3n) is 4.31. The van der Waals surface area contributed by atoms with Crippen LogP contribution in [0, 0.1) is 0 Å². The fraction of sp³-hybridized carbons (Fsp3) is 0.227. The smallest absolute Gasteiger partial charge is 0.437 e. The van der Waals surface area contributed by atoms with Crippen LogP contribution in [0.2, 0.25) is 0 Å². The van der Waals surface area contributed by atoms with Crippen LogP contribution in [0.4, 0.5) is 14.5 Å². The number of rotatable bonds is 10. The van der Waals surface area contributed by atoms with Crippen molar-refractivity contribution in [2.24, 2.45) is 0 Å². The summed E-state index contributed by atoms with van der Waals surface area (Å²) < 4.78 is 51.9. The van der Waals surface area contributed by atoms with E-state index in [0.717, 1.165) is 12.1 Å². The first-order valence-electron chi connectivity index (χ1n) is 9.38. The number of aliphatic carboxylic acids is 1. The summed E-state index contributed by atoms with van der Waals surface area (Å²) in [6.07, 6.45) is 2.58. The number of esters is 1. The average Bonchev–Trinajstić information content (AvgIpc) is 2.82. The van der Waals surface area contributed by atoms with Crippen molar-refractivity contribution < 1.29 is 52.0 Å². The lowest BCUT2D eigenvalue weighted by atomic mass is 10.1. The molecule has 12 heteroatoms. The number of carboxylic acid groups (broad SMARTS) is 1. The van der Waals surface area contributed by atoms with E-state index in [-0.39, 0.29) is 11.4 Å². The summed E-state index contributed by atoms with van der Waals surface area (Å²) in [5.74, 6) is -9.84. The highest BCUT2D eigenvalue weighted by Crippen LogP contribution is 2.35. The Labute approximate surface area is 192 Å². The van der Waals surface area contributed by atoms with Crippen molar-refractivity contribution >= 4 is 29.6 Å². The molecule has 182 valence electrons. The largest absolute Gasteiger partial charge is 0.496 e. The maximum Gasteiger partial charge on any atom is 0.437 e. The highest BCUT2D eigenvalue weighted by Gasteiger charge is 2.50. The van der Waals surface area contributed by atoms with Crippen LogP contribution in [0.1, 0.15) is 5.56 Å². The SMILES string of the molecule is COc1cc(OC)c(C=CC(=O)Nc2ccc(OC)c(OC(=O)C(F)(F)C(=O)O)c2)c(OC)c1. The van der Waals surface area contributed by atoms with E-state index >= 15 is 0 Å². The summed E-state index contributed by atoms with van der Waals surface area (Å²) in [5.41, 5.74) is 0.492. The van der Waals surface area contributed by atoms with Gasteiger partial charge in [0.05, 0.1) is 34.0 Å². The summed E-state index contributed by atoms with van der Waals surface area (Å²) in [5, 5.41) is 10.9. The first-order chi connectivity index (χ1) is 16.1. The number of methoxy groups -OCH3 is 4. The molecule has 0 aliphatic rings. The lowest BCUT2D eigenvalue weighted by molar-refractivity contribution is -0.180. The third kappa shape index (κ3) is 5.91. The molecule has 0 bridgehead atoms. The number of hydrogen-bond donors (Lipinski definition) is 2. The molecule has 0 atom stereocenters. The number of anilines is 1. The molecule has 0 heterocycles. The molecule has 0 unspecified atom stereocenters. The zero-order valence-electron chi connectivity index (χ0n) is 18.5. The number of hydrogen-bond acceptors (Lipinski definition) is 8. The fourth-order valence-corrected chi connectivity index (χ4v) is 2.63. The third-order valence-corrected chi connectivity index (χ3v) is 4.31. The summed E-state index contributed by atoms with van der Waals surface area (Å²) in [4.78, 5) is 34.5. The minimum absolute atomic E-state index is 0.0468. The minimum Gasteiger partial charge on any atom is -0.496 e. The Morgan fingerprint density at radius 3 is 1.97 bits per heavy atom. The highest BCUT2D eigenvalue weighted by molar-refractivity contribution is 6.03. The summed E-state index contributed by atoms with van der Waals surface area (Å²) in [7, 11) is 5.51. The van der Waals surface area contributed by atoms with Gasteiger partial charge in [0.1, 0.15) is 17.2 Å². The Morgan fingerprint density at radius 2 is 1.47 bits per heavy atom. The first kappa shape index (κ1) is 25.9. The molecular formula is C22H21F2NO9. The second-order valence-corrected chi connectivity index (χ2v) is 6.40. The monoisotopic (exact) mass is 481 g/mol. The molecule has 0 aliphatic heterocycles. The van der Waals surface area contributed by atoms with Crippen molar-refractivity contribution in [1.82, 2.24) is 0 Å². The number of amides is 1. The van der Waals surface area contributed by atoms with E-state index in [2.05, 4.69) is 10.1 Å². The molecular weight excluding hydrogens is 460 g/mol. The van der Waals surface area contributed by atoms with Crippen LogP contribution in [0.25, 0.3) is 6.08 Å². The van der Waals surface area contributed by atoms with E-state index in [1.165, 1.54) is 46.6 Å². The molecule has 0 radical (unpaired) electrons. The van der Waals surface area contributed by atoms with Crippen LogP contribution in [-0.2, 0) is 14.4 Å². The van der Waals surface area contributed by atoms with Crippen molar-refractivity contribution in [3.8, 4) is 28.7 Å². The summed E-state index contributed by atoms with van der Waals surface area (Å²) in [6.45, 7) is 0. The van der Waals surface area contributed by atoms with Gasteiger partial charge >= 0.3 is 17.9 Å². The molecule has 2 aromatic rings. The van der Waals surface area contributed by atoms with E-state index in [4.69, 9.17) is 24.1 Å². The van der Waals surface area contributed by atoms with E-state index in [1.807, 2.05) is 0 Å². The van der Waals surface area contributed by atoms with Gasteiger partial charge in [0.15, 0.2) is 11.5 Å². The van der Waals surface area contributed by atoms with Gasteiger partial charge in [-0.3, -0.25) is 4.79 Å². The van der Waals surface area contributed by atoms with Crippen LogP contribution in [0.5, 0.6) is 28.7 Å². The van der Waals surface area contributed by atoms with Gasteiger partial charge in [0, 0.05) is 30.0 Å². The second kappa shape index (κ2) is 11.0. The molecule has 0 saturated heterocycles. The molecule has 0 aromatic heterocycles. The molecule has 0 aliphatic carbocycles. The van der Waals surface area contributed by atoms with Gasteiger partial charge in [-0.15, -0.1) is 0 Å². The number of alkyl halides is 2. The van der Waals surface area contributed by atoms with Gasteiger partial charge in [-0.2, -0.15) is 8.78 Å². The number of ether oxygens (including phenoxy) is 5. The Morgan fingerprint density at radius 1 is 0.882 bits per heavy atom. The highest BCUT2D eigenvalue weighted by atomic mass is 19.3. The van der Waals surface area contributed by atoms with Crippen molar-refractivity contribution in [3.05, 3.63) is 42.0 Å². The molecule has 2 aromatic carbocycles. The van der Waals surface area contributed by atoms with Gasteiger partial charge in [-0.25, -0.2) is 9.59 Å². The number of halogens is 2. The molecule has 34 heavy (non-hydrogen) atoms. The first-order valence-corrected chi connectivity index (χ1v) is 9.38. The number of carbonyl (C=O) groups excluding carboxylic acids is 2. The van der Waals surface area contributed by atoms with Gasteiger partial charge in [0.25, 0.3) is 0 Å². The van der Waals surface area contributed by atoms with Crippen LogP contribution >= 0.6 is 0 Å². The number of nitrogens with one attached hydrogen (secondary N) is 1. The quantitative estimate of drug-likeness (QED) is 0.228. The molecule has 0 fully saturated rings. The Bertz CT molecular complexity index is 1090. The molecule has 1 amide bonds. The maximum atomic E-state index is 13.4. The van der Waals surface area contributed by atoms with E-state index in [0.29, 0.717) is 22.8 Å². The lowest BCUT2D eigenvalue weighted by Gasteiger charge is -2.14. The predicted molar refractivity (Wildman–Crippen MR) is 115 cm³/mol. The van der Waals surface area contributed by atoms with Crippen LogP contribution in [-0.4, -0.2) is 57.3 Å². The summed E-state index contributed by atoms with van der Waals surface area (Å²) in [6, 6.07) is 6.80. The van der Waals surface area contributed by atoms with Crippen molar-refractivity contribution in [2.75, 3.05) is 33.8 Å². The van der Waals surface area contributed by atoms with E-state index < -0.39 is 29.5 Å². The normalized spacial score (nSPS) is 11.0. The predicted octanol–water partition coefficient (Wildman–Crippen LogP) is 3.00. The van der Waals surface area contributed by atoms with E-state index in [9.17, 15) is 23.2 Å². The zero-order chi connectivity index (χ0) is 25.5. The number of benzene rings is 2. The van der Waals surface area contributed by atoms with Gasteiger partial charge < -0.3 is 34.1 Å². The molecule has 2 rings (SSSR count). The van der Waals surface area contributed by atoms with Crippen molar-refractivity contribution in [1.29, 1.82) is 0 Å². The van der Waals surface area contributed by atoms with Gasteiger partial charge in [-0.1, -0.05) is 0 Å². The number of carbonyl (C=O) groups is 3.